The van der Waals surface area contributed by atoms with Crippen molar-refractivity contribution in [3.05, 3.63) is 66.2 Å². The molecule has 0 aromatic heterocycles. The Bertz CT molecular complexity index is 707. The molecule has 1 saturated heterocycles. The molecule has 1 amide bonds. The van der Waals surface area contributed by atoms with E-state index in [9.17, 15) is 9.59 Å². The lowest BCUT2D eigenvalue weighted by atomic mass is 9.88. The molecule has 4 heteroatoms. The number of hydrogen-bond acceptors (Lipinski definition) is 3. The van der Waals surface area contributed by atoms with Crippen LogP contribution in [0.1, 0.15) is 30.1 Å². The van der Waals surface area contributed by atoms with Gasteiger partial charge in [0.15, 0.2) is 5.78 Å². The number of carbonyl (C=O) groups is 2. The number of carbonyl (C=O) groups excluding carboxylic acids is 2. The third kappa shape index (κ3) is 4.34. The average molecular weight is 336 g/mol. The van der Waals surface area contributed by atoms with Crippen molar-refractivity contribution < 1.29 is 9.59 Å². The van der Waals surface area contributed by atoms with Crippen molar-refractivity contribution >= 4 is 17.4 Å². The first-order valence-electron chi connectivity index (χ1n) is 8.84. The zero-order valence-corrected chi connectivity index (χ0v) is 14.5. The van der Waals surface area contributed by atoms with Gasteiger partial charge in [-0.05, 0) is 45.0 Å². The molecule has 1 aliphatic heterocycles. The summed E-state index contributed by atoms with van der Waals surface area (Å²) < 4.78 is 0. The molecule has 1 unspecified atom stereocenters. The highest BCUT2D eigenvalue weighted by Gasteiger charge is 2.30. The van der Waals surface area contributed by atoms with Crippen molar-refractivity contribution in [2.45, 2.75) is 25.8 Å². The molecule has 0 radical (unpaired) electrons. The van der Waals surface area contributed by atoms with Crippen LogP contribution < -0.4 is 5.32 Å². The van der Waals surface area contributed by atoms with Gasteiger partial charge in [0.25, 0.3) is 0 Å². The summed E-state index contributed by atoms with van der Waals surface area (Å²) in [6.45, 7) is 3.47. The molecule has 2 aromatic carbocycles. The quantitative estimate of drug-likeness (QED) is 0.849. The van der Waals surface area contributed by atoms with Gasteiger partial charge in [-0.1, -0.05) is 48.5 Å². The number of Topliss-reactive ketones (excluding diaryl/α,β-unsaturated/α-hetero) is 1. The SMILES string of the molecule is CC(C(=O)Nc1ccccc1)N1CCC(C(=O)c2ccccc2)CC1. The second kappa shape index (κ2) is 8.08. The van der Waals surface area contributed by atoms with Gasteiger partial charge in [-0.3, -0.25) is 14.5 Å². The highest BCUT2D eigenvalue weighted by atomic mass is 16.2. The van der Waals surface area contributed by atoms with Crippen LogP contribution in [0.2, 0.25) is 0 Å². The Labute approximate surface area is 148 Å². The van der Waals surface area contributed by atoms with E-state index in [1.54, 1.807) is 0 Å². The van der Waals surface area contributed by atoms with Crippen LogP contribution >= 0.6 is 0 Å². The molecule has 1 N–H and O–H groups in total. The van der Waals surface area contributed by atoms with E-state index >= 15 is 0 Å². The first-order chi connectivity index (χ1) is 12.1. The Morgan fingerprint density at radius 2 is 1.52 bits per heavy atom. The molecule has 130 valence electrons. The molecule has 1 atom stereocenters. The van der Waals surface area contributed by atoms with E-state index in [0.29, 0.717) is 0 Å². The highest BCUT2D eigenvalue weighted by molar-refractivity contribution is 5.98. The smallest absolute Gasteiger partial charge is 0.241 e. The maximum absolute atomic E-state index is 12.6. The maximum Gasteiger partial charge on any atom is 0.241 e. The molecule has 1 fully saturated rings. The van der Waals surface area contributed by atoms with Crippen LogP contribution in [0.15, 0.2) is 60.7 Å². The zero-order chi connectivity index (χ0) is 17.6. The maximum atomic E-state index is 12.6. The van der Waals surface area contributed by atoms with Crippen LogP contribution in [-0.2, 0) is 4.79 Å². The lowest BCUT2D eigenvalue weighted by Crippen LogP contribution is -2.47. The number of nitrogens with zero attached hydrogens (tertiary/aromatic N) is 1. The number of likely N-dealkylation sites (tertiary alicyclic amines) is 1. The van der Waals surface area contributed by atoms with E-state index in [-0.39, 0.29) is 23.7 Å². The minimum absolute atomic E-state index is 0.000893. The number of amides is 1. The second-order valence-electron chi connectivity index (χ2n) is 6.57. The number of ketones is 1. The Morgan fingerprint density at radius 1 is 0.960 bits per heavy atom. The number of hydrogen-bond donors (Lipinski definition) is 1. The summed E-state index contributed by atoms with van der Waals surface area (Å²) in [5.74, 6) is 0.281. The summed E-state index contributed by atoms with van der Waals surface area (Å²) in [6.07, 6.45) is 1.60. The number of anilines is 1. The van der Waals surface area contributed by atoms with Gasteiger partial charge in [0, 0.05) is 17.2 Å². The van der Waals surface area contributed by atoms with Crippen molar-refractivity contribution in [3.8, 4) is 0 Å². The number of rotatable bonds is 5. The van der Waals surface area contributed by atoms with Gasteiger partial charge in [-0.25, -0.2) is 0 Å². The van der Waals surface area contributed by atoms with Gasteiger partial charge >= 0.3 is 0 Å². The molecule has 25 heavy (non-hydrogen) atoms. The predicted molar refractivity (Wildman–Crippen MR) is 99.6 cm³/mol. The summed E-state index contributed by atoms with van der Waals surface area (Å²) >= 11 is 0. The predicted octanol–water partition coefficient (Wildman–Crippen LogP) is 3.61. The second-order valence-corrected chi connectivity index (χ2v) is 6.57. The fraction of sp³-hybridized carbons (Fsp3) is 0.333. The number of nitrogens with one attached hydrogen (secondary N) is 1. The van der Waals surface area contributed by atoms with Gasteiger partial charge in [-0.15, -0.1) is 0 Å². The molecule has 0 saturated carbocycles. The van der Waals surface area contributed by atoms with E-state index in [2.05, 4.69) is 10.2 Å². The first-order valence-corrected chi connectivity index (χ1v) is 8.84. The highest BCUT2D eigenvalue weighted by Crippen LogP contribution is 2.23. The molecular formula is C21H24N2O2. The van der Waals surface area contributed by atoms with Crippen LogP contribution in [0.25, 0.3) is 0 Å². The third-order valence-corrected chi connectivity index (χ3v) is 4.93. The van der Waals surface area contributed by atoms with E-state index in [1.807, 2.05) is 67.6 Å². The van der Waals surface area contributed by atoms with Crippen molar-refractivity contribution in [1.82, 2.24) is 4.90 Å². The lowest BCUT2D eigenvalue weighted by molar-refractivity contribution is -0.121. The molecule has 1 heterocycles. The molecular weight excluding hydrogens is 312 g/mol. The normalized spacial score (nSPS) is 17.0. The third-order valence-electron chi connectivity index (χ3n) is 4.93. The van der Waals surface area contributed by atoms with Gasteiger partial charge in [0.05, 0.1) is 6.04 Å². The average Bonchev–Trinajstić information content (AvgIpc) is 2.68. The Hall–Kier alpha value is -2.46. The van der Waals surface area contributed by atoms with E-state index < -0.39 is 0 Å². The molecule has 0 aliphatic carbocycles. The molecule has 1 aliphatic rings. The fourth-order valence-electron chi connectivity index (χ4n) is 3.32. The van der Waals surface area contributed by atoms with Crippen LogP contribution in [0.3, 0.4) is 0 Å². The van der Waals surface area contributed by atoms with Crippen LogP contribution in [0.5, 0.6) is 0 Å². The largest absolute Gasteiger partial charge is 0.325 e. The Morgan fingerprint density at radius 3 is 2.12 bits per heavy atom. The van der Waals surface area contributed by atoms with Crippen molar-refractivity contribution in [2.75, 3.05) is 18.4 Å². The summed E-state index contributed by atoms with van der Waals surface area (Å²) in [5.41, 5.74) is 1.60. The molecule has 0 spiro atoms. The monoisotopic (exact) mass is 336 g/mol. The summed E-state index contributed by atoms with van der Waals surface area (Å²) in [4.78, 5) is 27.1. The molecule has 3 rings (SSSR count). The summed E-state index contributed by atoms with van der Waals surface area (Å²) in [6, 6.07) is 18.8. The molecule has 2 aromatic rings. The zero-order valence-electron chi connectivity index (χ0n) is 14.5. The number of benzene rings is 2. The van der Waals surface area contributed by atoms with Crippen LogP contribution in [-0.4, -0.2) is 35.7 Å². The first kappa shape index (κ1) is 17.4. The Balaban J connectivity index is 1.53. The van der Waals surface area contributed by atoms with E-state index in [0.717, 1.165) is 37.2 Å². The Kier molecular flexibility index (Phi) is 5.61. The fourth-order valence-corrected chi connectivity index (χ4v) is 3.32. The lowest BCUT2D eigenvalue weighted by Gasteiger charge is -2.34. The molecule has 0 bridgehead atoms. The molecule has 4 nitrogen and oxygen atoms in total. The van der Waals surface area contributed by atoms with Crippen molar-refractivity contribution in [1.29, 1.82) is 0 Å². The minimum Gasteiger partial charge on any atom is -0.325 e. The van der Waals surface area contributed by atoms with E-state index in [4.69, 9.17) is 0 Å². The number of piperidine rings is 1. The van der Waals surface area contributed by atoms with Gasteiger partial charge in [0.1, 0.15) is 0 Å². The van der Waals surface area contributed by atoms with Crippen molar-refractivity contribution in [3.63, 3.8) is 0 Å². The minimum atomic E-state index is -0.201. The van der Waals surface area contributed by atoms with E-state index in [1.165, 1.54) is 0 Å². The number of para-hydroxylation sites is 1. The summed E-state index contributed by atoms with van der Waals surface area (Å²) in [5, 5.41) is 2.95. The van der Waals surface area contributed by atoms with Crippen LogP contribution in [0.4, 0.5) is 5.69 Å². The van der Waals surface area contributed by atoms with Gasteiger partial charge in [0.2, 0.25) is 5.91 Å². The van der Waals surface area contributed by atoms with Gasteiger partial charge < -0.3 is 5.32 Å². The summed E-state index contributed by atoms with van der Waals surface area (Å²) in [7, 11) is 0. The van der Waals surface area contributed by atoms with Crippen LogP contribution in [0, 0.1) is 5.92 Å². The van der Waals surface area contributed by atoms with Crippen molar-refractivity contribution in [2.24, 2.45) is 5.92 Å². The van der Waals surface area contributed by atoms with Gasteiger partial charge in [-0.2, -0.15) is 0 Å². The topological polar surface area (TPSA) is 49.4 Å². The standard InChI is InChI=1S/C21H24N2O2/c1-16(21(25)22-19-10-6-3-7-11-19)23-14-12-18(13-15-23)20(24)17-8-4-2-5-9-17/h2-11,16,18H,12-15H2,1H3,(H,22,25).